The van der Waals surface area contributed by atoms with E-state index in [9.17, 15) is 14.4 Å². The molecule has 0 amide bonds. The third kappa shape index (κ3) is 6.76. The van der Waals surface area contributed by atoms with Gasteiger partial charge in [0.2, 0.25) is 0 Å². The van der Waals surface area contributed by atoms with Crippen molar-refractivity contribution in [2.24, 2.45) is 29.6 Å². The van der Waals surface area contributed by atoms with E-state index in [0.717, 1.165) is 30.4 Å². The zero-order valence-corrected chi connectivity index (χ0v) is 22.1. The van der Waals surface area contributed by atoms with Gasteiger partial charge >= 0.3 is 11.9 Å². The molecule has 0 bridgehead atoms. The second-order valence-corrected chi connectivity index (χ2v) is 10.9. The minimum Gasteiger partial charge on any atom is -0.462 e. The van der Waals surface area contributed by atoms with Gasteiger partial charge in [-0.25, -0.2) is 0 Å². The summed E-state index contributed by atoms with van der Waals surface area (Å²) < 4.78 is 11.5. The second-order valence-electron chi connectivity index (χ2n) is 10.9. The highest BCUT2D eigenvalue weighted by Crippen LogP contribution is 2.37. The van der Waals surface area contributed by atoms with Crippen LogP contribution in [0.1, 0.15) is 63.2 Å². The molecular formula is C32H38O5. The molecule has 5 atom stereocenters. The van der Waals surface area contributed by atoms with Crippen molar-refractivity contribution in [3.63, 3.8) is 0 Å². The van der Waals surface area contributed by atoms with Crippen LogP contribution in [0.25, 0.3) is 11.1 Å². The fraction of sp³-hybridized carbons (Fsp3) is 0.469. The maximum absolute atomic E-state index is 13.2. The van der Waals surface area contributed by atoms with Crippen LogP contribution in [0.2, 0.25) is 0 Å². The Bertz CT molecular complexity index is 1100. The summed E-state index contributed by atoms with van der Waals surface area (Å²) in [7, 11) is 0. The molecule has 0 N–H and O–H groups in total. The Morgan fingerprint density at radius 2 is 1.46 bits per heavy atom. The monoisotopic (exact) mass is 502 g/mol. The van der Waals surface area contributed by atoms with Gasteiger partial charge in [0.25, 0.3) is 0 Å². The molecule has 2 aromatic carbocycles. The fourth-order valence-corrected chi connectivity index (χ4v) is 5.63. The smallest absolute Gasteiger partial charge is 0.310 e. The Kier molecular flexibility index (Phi) is 8.96. The Balaban J connectivity index is 1.35. The van der Waals surface area contributed by atoms with E-state index in [2.05, 4.69) is 20.8 Å². The fourth-order valence-electron chi connectivity index (χ4n) is 5.63. The Labute approximate surface area is 220 Å². The Morgan fingerprint density at radius 3 is 2.11 bits per heavy atom. The van der Waals surface area contributed by atoms with Gasteiger partial charge in [0, 0.05) is 5.56 Å². The van der Waals surface area contributed by atoms with E-state index in [1.807, 2.05) is 54.6 Å². The van der Waals surface area contributed by atoms with Crippen molar-refractivity contribution in [1.29, 1.82) is 0 Å². The largest absolute Gasteiger partial charge is 0.462 e. The zero-order chi connectivity index (χ0) is 26.4. The normalized spacial score (nSPS) is 25.5. The van der Waals surface area contributed by atoms with E-state index in [1.54, 1.807) is 12.1 Å². The summed E-state index contributed by atoms with van der Waals surface area (Å²) in [6.07, 6.45) is 7.65. The number of hydrogen-bond acceptors (Lipinski definition) is 5. The van der Waals surface area contributed by atoms with Crippen LogP contribution < -0.4 is 0 Å². The number of esters is 2. The molecule has 0 aromatic heterocycles. The Morgan fingerprint density at radius 1 is 0.838 bits per heavy atom. The molecule has 0 radical (unpaired) electrons. The van der Waals surface area contributed by atoms with E-state index < -0.39 is 17.8 Å². The van der Waals surface area contributed by atoms with Crippen LogP contribution in [0.3, 0.4) is 0 Å². The van der Waals surface area contributed by atoms with Crippen LogP contribution in [0.15, 0.2) is 66.7 Å². The molecule has 2 aliphatic carbocycles. The van der Waals surface area contributed by atoms with E-state index in [1.165, 1.54) is 0 Å². The molecule has 0 spiro atoms. The van der Waals surface area contributed by atoms with E-state index in [-0.39, 0.29) is 24.5 Å². The maximum atomic E-state index is 13.2. The first-order valence-electron chi connectivity index (χ1n) is 13.5. The van der Waals surface area contributed by atoms with Crippen LogP contribution in [-0.2, 0) is 19.1 Å². The summed E-state index contributed by atoms with van der Waals surface area (Å²) in [6.45, 7) is 6.21. The lowest BCUT2D eigenvalue weighted by molar-refractivity contribution is -0.168. The van der Waals surface area contributed by atoms with Gasteiger partial charge < -0.3 is 9.47 Å². The highest BCUT2D eigenvalue weighted by Gasteiger charge is 2.40. The second kappa shape index (κ2) is 12.4. The Hall–Kier alpha value is -3.21. The molecular weight excluding hydrogens is 464 g/mol. The number of ketones is 1. The quantitative estimate of drug-likeness (QED) is 0.229. The molecule has 2 aromatic rings. The minimum absolute atomic E-state index is 0.112. The number of carbonyl (C=O) groups excluding carboxylic acids is 3. The number of carbonyl (C=O) groups is 3. The summed E-state index contributed by atoms with van der Waals surface area (Å²) >= 11 is 0. The third-order valence-electron chi connectivity index (χ3n) is 7.93. The molecule has 5 nitrogen and oxygen atoms in total. The first kappa shape index (κ1) is 26.8. The van der Waals surface area contributed by atoms with Gasteiger partial charge in [-0.1, -0.05) is 93.9 Å². The lowest BCUT2D eigenvalue weighted by Gasteiger charge is -2.38. The van der Waals surface area contributed by atoms with E-state index in [4.69, 9.17) is 9.47 Å². The first-order chi connectivity index (χ1) is 17.8. The molecule has 0 saturated heterocycles. The zero-order valence-electron chi connectivity index (χ0n) is 22.1. The molecule has 1 fully saturated rings. The van der Waals surface area contributed by atoms with Gasteiger partial charge in [0.05, 0.1) is 11.8 Å². The summed E-state index contributed by atoms with van der Waals surface area (Å²) in [5, 5.41) is 0. The van der Waals surface area contributed by atoms with Crippen molar-refractivity contribution in [2.45, 2.75) is 59.0 Å². The van der Waals surface area contributed by atoms with Gasteiger partial charge in [-0.2, -0.15) is 0 Å². The van der Waals surface area contributed by atoms with Crippen molar-refractivity contribution in [1.82, 2.24) is 0 Å². The maximum Gasteiger partial charge on any atom is 0.310 e. The van der Waals surface area contributed by atoms with Crippen LogP contribution in [-0.4, -0.2) is 30.4 Å². The van der Waals surface area contributed by atoms with Crippen molar-refractivity contribution in [3.05, 3.63) is 72.3 Å². The summed E-state index contributed by atoms with van der Waals surface area (Å²) in [6, 6.07) is 17.2. The van der Waals surface area contributed by atoms with Crippen molar-refractivity contribution in [3.8, 4) is 11.1 Å². The van der Waals surface area contributed by atoms with Gasteiger partial charge in [0.1, 0.15) is 6.10 Å². The van der Waals surface area contributed by atoms with Gasteiger partial charge in [0.15, 0.2) is 12.4 Å². The van der Waals surface area contributed by atoms with Crippen molar-refractivity contribution < 1.29 is 23.9 Å². The summed E-state index contributed by atoms with van der Waals surface area (Å²) in [5.41, 5.74) is 2.56. The van der Waals surface area contributed by atoms with Crippen molar-refractivity contribution >= 4 is 17.7 Å². The predicted octanol–water partition coefficient (Wildman–Crippen LogP) is 6.67. The highest BCUT2D eigenvalue weighted by atomic mass is 16.5. The number of benzene rings is 2. The molecule has 2 aliphatic rings. The van der Waals surface area contributed by atoms with Crippen LogP contribution in [0, 0.1) is 29.6 Å². The van der Waals surface area contributed by atoms with Gasteiger partial charge in [-0.05, 0) is 54.6 Å². The average molecular weight is 503 g/mol. The number of allylic oxidation sites excluding steroid dienone is 2. The lowest BCUT2D eigenvalue weighted by Crippen LogP contribution is -2.40. The summed E-state index contributed by atoms with van der Waals surface area (Å²) in [5.74, 6) is -1.02. The summed E-state index contributed by atoms with van der Waals surface area (Å²) in [4.78, 5) is 38.9. The number of ether oxygens (including phenoxy) is 2. The molecule has 0 unspecified atom stereocenters. The topological polar surface area (TPSA) is 69.7 Å². The van der Waals surface area contributed by atoms with E-state index >= 15 is 0 Å². The van der Waals surface area contributed by atoms with Crippen LogP contribution >= 0.6 is 0 Å². The minimum atomic E-state index is -0.635. The highest BCUT2D eigenvalue weighted by molar-refractivity contribution is 5.98. The number of rotatable bonds is 8. The third-order valence-corrected chi connectivity index (χ3v) is 7.93. The predicted molar refractivity (Wildman–Crippen MR) is 144 cm³/mol. The number of hydrogen-bond donors (Lipinski definition) is 0. The SMILES string of the molecule is CC(C)[C@H]1CC[C@@H](C)C[C@H]1OC(=O)[C@@H]1CC=CC[C@H]1C(=O)OCC(=O)c1ccc(-c2ccccc2)cc1. The van der Waals surface area contributed by atoms with Crippen LogP contribution in [0.5, 0.6) is 0 Å². The van der Waals surface area contributed by atoms with Gasteiger partial charge in [-0.15, -0.1) is 0 Å². The molecule has 0 aliphatic heterocycles. The molecule has 37 heavy (non-hydrogen) atoms. The molecule has 196 valence electrons. The van der Waals surface area contributed by atoms with Gasteiger partial charge in [-0.3, -0.25) is 14.4 Å². The van der Waals surface area contributed by atoms with Crippen molar-refractivity contribution in [2.75, 3.05) is 6.61 Å². The average Bonchev–Trinajstić information content (AvgIpc) is 2.92. The molecule has 1 saturated carbocycles. The molecule has 4 rings (SSSR count). The number of Topliss-reactive ketones (excluding diaryl/α,β-unsaturated/α-hetero) is 1. The molecule has 5 heteroatoms. The van der Waals surface area contributed by atoms with Crippen LogP contribution in [0.4, 0.5) is 0 Å². The standard InChI is InChI=1S/C32H38O5/c1-21(2)26-18-13-22(3)19-30(26)37-32(35)28-12-8-7-11-27(28)31(34)36-20-29(33)25-16-14-24(15-17-25)23-9-5-4-6-10-23/h4-10,14-17,21-22,26-28,30H,11-13,18-20H2,1-3H3/t22-,26-,27-,28-,30-/m1/s1. The van der Waals surface area contributed by atoms with E-state index in [0.29, 0.717) is 36.2 Å². The first-order valence-corrected chi connectivity index (χ1v) is 13.5. The molecule has 0 heterocycles. The lowest BCUT2D eigenvalue weighted by atomic mass is 9.75.